The molecule has 0 spiro atoms. The van der Waals surface area contributed by atoms with Crippen molar-refractivity contribution in [1.29, 1.82) is 0 Å². The topological polar surface area (TPSA) is 120 Å². The molecule has 40 heavy (non-hydrogen) atoms. The fourth-order valence-electron chi connectivity index (χ4n) is 4.08. The van der Waals surface area contributed by atoms with Gasteiger partial charge in [0.25, 0.3) is 5.91 Å². The van der Waals surface area contributed by atoms with Crippen LogP contribution in [0.1, 0.15) is 28.2 Å². The quantitative estimate of drug-likeness (QED) is 0.331. The van der Waals surface area contributed by atoms with Gasteiger partial charge in [0, 0.05) is 29.3 Å². The predicted octanol–water partition coefficient (Wildman–Crippen LogP) is 5.04. The van der Waals surface area contributed by atoms with E-state index in [0.717, 1.165) is 6.07 Å². The number of alkyl halides is 3. The van der Waals surface area contributed by atoms with Crippen LogP contribution in [-0.4, -0.2) is 48.0 Å². The molecule has 208 valence electrons. The van der Waals surface area contributed by atoms with Gasteiger partial charge in [0.1, 0.15) is 4.90 Å². The molecule has 0 aliphatic carbocycles. The fraction of sp³-hybridized carbons (Fsp3) is 0.231. The molecule has 0 bridgehead atoms. The highest BCUT2D eigenvalue weighted by Crippen LogP contribution is 2.38. The van der Waals surface area contributed by atoms with Gasteiger partial charge >= 0.3 is 6.61 Å². The lowest BCUT2D eigenvalue weighted by molar-refractivity contribution is -0.0525. The van der Waals surface area contributed by atoms with Gasteiger partial charge in [-0.2, -0.15) is 8.78 Å². The number of fused-ring (bicyclic) bond motifs is 2. The number of hydrogen-bond acceptors (Lipinski definition) is 8. The Bertz CT molecular complexity index is 1740. The zero-order valence-electron chi connectivity index (χ0n) is 20.7. The first kappa shape index (κ1) is 27.6. The summed E-state index contributed by atoms with van der Waals surface area (Å²) in [4.78, 5) is 25.2. The van der Waals surface area contributed by atoms with Crippen LogP contribution < -0.4 is 14.8 Å². The Labute approximate surface area is 231 Å². The number of amides is 1. The van der Waals surface area contributed by atoms with Crippen LogP contribution in [0.2, 0.25) is 5.02 Å². The van der Waals surface area contributed by atoms with Crippen LogP contribution in [0, 0.1) is 6.92 Å². The number of rotatable bonds is 6. The van der Waals surface area contributed by atoms with E-state index in [4.69, 9.17) is 16.3 Å². The minimum Gasteiger partial charge on any atom is -0.490 e. The molecule has 0 saturated heterocycles. The molecule has 0 saturated carbocycles. The number of halogens is 4. The standard InChI is InChI=1S/C26H20ClF3N4O5S/c1-13-2-4-17(25(33-13)39-26(29)30)19-5-3-14-11-31-16(10-20(14)34-19)12-32-24(35)15-8-18(27)23-21(9-15)40(36,37)22(28)6-7-38-23/h2-5,8-11,22,26H,6-7,12H2,1H3,(H,32,35)/t22-/m1/s1. The lowest BCUT2D eigenvalue weighted by Crippen LogP contribution is -2.24. The van der Waals surface area contributed by atoms with Gasteiger partial charge < -0.3 is 14.8 Å². The summed E-state index contributed by atoms with van der Waals surface area (Å²) in [6, 6.07) is 10.4. The third-order valence-corrected chi connectivity index (χ3v) is 8.15. The maximum atomic E-state index is 14.2. The van der Waals surface area contributed by atoms with E-state index in [-0.39, 0.29) is 47.4 Å². The lowest BCUT2D eigenvalue weighted by Gasteiger charge is -2.12. The number of carbonyl (C=O) groups is 1. The van der Waals surface area contributed by atoms with Crippen molar-refractivity contribution < 1.29 is 35.9 Å². The first-order valence-corrected chi connectivity index (χ1v) is 13.8. The first-order valence-electron chi connectivity index (χ1n) is 11.8. The van der Waals surface area contributed by atoms with Crippen molar-refractivity contribution in [3.8, 4) is 22.9 Å². The molecule has 4 heterocycles. The van der Waals surface area contributed by atoms with Crippen molar-refractivity contribution >= 4 is 38.2 Å². The number of hydrogen-bond donors (Lipinski definition) is 1. The molecule has 14 heteroatoms. The van der Waals surface area contributed by atoms with Crippen LogP contribution in [0.25, 0.3) is 22.2 Å². The highest BCUT2D eigenvalue weighted by molar-refractivity contribution is 7.92. The molecular weight excluding hydrogens is 573 g/mol. The van der Waals surface area contributed by atoms with Crippen LogP contribution in [0.5, 0.6) is 11.6 Å². The highest BCUT2D eigenvalue weighted by atomic mass is 35.5. The highest BCUT2D eigenvalue weighted by Gasteiger charge is 2.35. The number of aryl methyl sites for hydroxylation is 1. The molecule has 4 aromatic rings. The summed E-state index contributed by atoms with van der Waals surface area (Å²) >= 11 is 6.17. The normalized spacial score (nSPS) is 16.2. The summed E-state index contributed by atoms with van der Waals surface area (Å²) < 4.78 is 75.1. The van der Waals surface area contributed by atoms with Crippen molar-refractivity contribution in [3.63, 3.8) is 0 Å². The second-order valence-corrected chi connectivity index (χ2v) is 11.3. The van der Waals surface area contributed by atoms with Crippen molar-refractivity contribution in [3.05, 3.63) is 70.6 Å². The minimum atomic E-state index is -4.40. The lowest BCUT2D eigenvalue weighted by atomic mass is 10.1. The van der Waals surface area contributed by atoms with Gasteiger partial charge in [-0.3, -0.25) is 9.78 Å². The van der Waals surface area contributed by atoms with E-state index in [1.807, 2.05) is 0 Å². The number of nitrogens with one attached hydrogen (secondary N) is 1. The molecule has 0 radical (unpaired) electrons. The number of pyridine rings is 3. The molecule has 5 rings (SSSR count). The van der Waals surface area contributed by atoms with Crippen LogP contribution in [0.4, 0.5) is 13.2 Å². The third-order valence-electron chi connectivity index (χ3n) is 6.04. The Morgan fingerprint density at radius 2 is 2.00 bits per heavy atom. The maximum Gasteiger partial charge on any atom is 0.388 e. The number of benzene rings is 1. The molecule has 1 atom stereocenters. The van der Waals surface area contributed by atoms with E-state index in [1.54, 1.807) is 37.3 Å². The molecule has 1 amide bonds. The van der Waals surface area contributed by atoms with Gasteiger partial charge in [-0.1, -0.05) is 11.6 Å². The van der Waals surface area contributed by atoms with Crippen LogP contribution >= 0.6 is 11.6 Å². The SMILES string of the molecule is Cc1ccc(-c2ccc3cnc(CNC(=O)c4cc(Cl)c5c(c4)S(=O)(=O)[C@@H](F)CCO5)cc3n2)c(OC(F)F)n1. The van der Waals surface area contributed by atoms with Crippen LogP contribution in [0.3, 0.4) is 0 Å². The second-order valence-electron chi connectivity index (χ2n) is 8.81. The third kappa shape index (κ3) is 5.52. The average molecular weight is 593 g/mol. The molecule has 1 aromatic carbocycles. The van der Waals surface area contributed by atoms with Crippen molar-refractivity contribution in [1.82, 2.24) is 20.3 Å². The van der Waals surface area contributed by atoms with E-state index in [9.17, 15) is 26.4 Å². The average Bonchev–Trinajstić information content (AvgIpc) is 3.02. The zero-order chi connectivity index (χ0) is 28.6. The number of sulfone groups is 1. The van der Waals surface area contributed by atoms with Crippen molar-refractivity contribution in [2.75, 3.05) is 6.61 Å². The Hall–Kier alpha value is -3.97. The molecule has 3 aromatic heterocycles. The molecule has 9 nitrogen and oxygen atoms in total. The Morgan fingerprint density at radius 1 is 1.20 bits per heavy atom. The molecule has 1 N–H and O–H groups in total. The molecule has 1 aliphatic rings. The molecule has 1 aliphatic heterocycles. The van der Waals surface area contributed by atoms with Gasteiger partial charge in [-0.25, -0.2) is 22.8 Å². The van der Waals surface area contributed by atoms with Gasteiger partial charge in [-0.15, -0.1) is 0 Å². The van der Waals surface area contributed by atoms with E-state index in [0.29, 0.717) is 28.0 Å². The number of aromatic nitrogens is 3. The van der Waals surface area contributed by atoms with E-state index < -0.39 is 32.8 Å². The summed E-state index contributed by atoms with van der Waals surface area (Å²) in [5.74, 6) is -1.13. The van der Waals surface area contributed by atoms with E-state index in [1.165, 1.54) is 12.3 Å². The summed E-state index contributed by atoms with van der Waals surface area (Å²) in [7, 11) is -4.40. The molecular formula is C26H20ClF3N4O5S. The van der Waals surface area contributed by atoms with Crippen LogP contribution in [0.15, 0.2) is 53.6 Å². The van der Waals surface area contributed by atoms with Gasteiger partial charge in [0.2, 0.25) is 21.2 Å². The fourth-order valence-corrected chi connectivity index (χ4v) is 5.81. The monoisotopic (exact) mass is 592 g/mol. The molecule has 0 fully saturated rings. The Balaban J connectivity index is 1.39. The predicted molar refractivity (Wildman–Crippen MR) is 139 cm³/mol. The van der Waals surface area contributed by atoms with Crippen LogP contribution in [-0.2, 0) is 16.4 Å². The largest absolute Gasteiger partial charge is 0.490 e. The molecule has 0 unspecified atom stereocenters. The zero-order valence-corrected chi connectivity index (χ0v) is 22.3. The Morgan fingerprint density at radius 3 is 2.77 bits per heavy atom. The first-order chi connectivity index (χ1) is 19.0. The van der Waals surface area contributed by atoms with Crippen molar-refractivity contribution in [2.45, 2.75) is 36.9 Å². The number of nitrogens with zero attached hydrogens (tertiary/aromatic N) is 3. The summed E-state index contributed by atoms with van der Waals surface area (Å²) in [5.41, 5.74) is -0.323. The van der Waals surface area contributed by atoms with E-state index >= 15 is 0 Å². The van der Waals surface area contributed by atoms with Gasteiger partial charge in [-0.05, 0) is 49.4 Å². The van der Waals surface area contributed by atoms with Crippen molar-refractivity contribution in [2.24, 2.45) is 0 Å². The minimum absolute atomic E-state index is 0.0732. The summed E-state index contributed by atoms with van der Waals surface area (Å²) in [6.07, 6.45) is 1.17. The summed E-state index contributed by atoms with van der Waals surface area (Å²) in [6.45, 7) is -1.67. The van der Waals surface area contributed by atoms with E-state index in [2.05, 4.69) is 25.0 Å². The number of carbonyl (C=O) groups excluding carboxylic acids is 1. The summed E-state index contributed by atoms with van der Waals surface area (Å²) in [5, 5.41) is 3.14. The maximum absolute atomic E-state index is 14.2. The number of ether oxygens (including phenoxy) is 2. The smallest absolute Gasteiger partial charge is 0.388 e. The van der Waals surface area contributed by atoms with Gasteiger partial charge in [0.15, 0.2) is 5.75 Å². The Kier molecular flexibility index (Phi) is 7.51. The van der Waals surface area contributed by atoms with Gasteiger partial charge in [0.05, 0.1) is 40.6 Å². The second kappa shape index (κ2) is 10.9.